The second-order valence-corrected chi connectivity index (χ2v) is 10.2. The molecule has 0 radical (unpaired) electrons. The van der Waals surface area contributed by atoms with E-state index in [2.05, 4.69) is 28.2 Å². The van der Waals surface area contributed by atoms with E-state index in [0.717, 1.165) is 53.5 Å². The van der Waals surface area contributed by atoms with Crippen LogP contribution >= 0.6 is 0 Å². The zero-order valence-corrected chi connectivity index (χ0v) is 22.9. The van der Waals surface area contributed by atoms with Crippen LogP contribution in [0, 0.1) is 11.8 Å². The van der Waals surface area contributed by atoms with Crippen LogP contribution in [0.3, 0.4) is 0 Å². The molecule has 2 amide bonds. The number of benzene rings is 3. The monoisotopic (exact) mass is 533 g/mol. The van der Waals surface area contributed by atoms with Gasteiger partial charge in [0.1, 0.15) is 11.8 Å². The van der Waals surface area contributed by atoms with Gasteiger partial charge in [-0.1, -0.05) is 73.7 Å². The largest absolute Gasteiger partial charge is 0.497 e. The summed E-state index contributed by atoms with van der Waals surface area (Å²) in [5.41, 5.74) is 3.61. The number of fused-ring (bicyclic) bond motifs is 1. The Morgan fingerprint density at radius 1 is 0.975 bits per heavy atom. The molecule has 1 fully saturated rings. The number of hydrogen-bond acceptors (Lipinski definition) is 3. The van der Waals surface area contributed by atoms with Gasteiger partial charge in [0.25, 0.3) is 5.91 Å². The van der Waals surface area contributed by atoms with Crippen molar-refractivity contribution >= 4 is 22.7 Å². The van der Waals surface area contributed by atoms with Crippen LogP contribution in [0.25, 0.3) is 10.9 Å². The summed E-state index contributed by atoms with van der Waals surface area (Å²) < 4.78 is 5.23. The second-order valence-electron chi connectivity index (χ2n) is 10.2. The lowest BCUT2D eigenvalue weighted by Crippen LogP contribution is -2.47. The Balaban J connectivity index is 1.47. The van der Waals surface area contributed by atoms with Crippen LogP contribution in [0.1, 0.15) is 54.8 Å². The summed E-state index contributed by atoms with van der Waals surface area (Å²) in [6.07, 6.45) is 7.91. The quantitative estimate of drug-likeness (QED) is 0.282. The average molecular weight is 534 g/mol. The first-order valence-electron chi connectivity index (χ1n) is 14.0. The third-order valence-corrected chi connectivity index (χ3v) is 7.59. The molecule has 6 heteroatoms. The van der Waals surface area contributed by atoms with E-state index in [1.54, 1.807) is 12.0 Å². The molecule has 5 rings (SSSR count). The summed E-state index contributed by atoms with van der Waals surface area (Å²) in [6.45, 7) is 0.343. The molecule has 1 unspecified atom stereocenters. The molecule has 1 aromatic heterocycles. The molecule has 0 saturated heterocycles. The minimum absolute atomic E-state index is 0.128. The van der Waals surface area contributed by atoms with E-state index in [1.165, 1.54) is 6.42 Å². The molecule has 1 heterocycles. The average Bonchev–Trinajstić information content (AvgIpc) is 3.42. The number of carbonyl (C=O) groups excluding carboxylic acids is 2. The highest BCUT2D eigenvalue weighted by atomic mass is 16.5. The van der Waals surface area contributed by atoms with Gasteiger partial charge in [0.15, 0.2) is 0 Å². The normalized spacial score (nSPS) is 14.1. The number of aromatic amines is 1. The van der Waals surface area contributed by atoms with Crippen molar-refractivity contribution in [1.29, 1.82) is 0 Å². The van der Waals surface area contributed by atoms with Gasteiger partial charge in [-0.25, -0.2) is 0 Å². The maximum absolute atomic E-state index is 13.9. The molecular weight excluding hydrogens is 498 g/mol. The Hall–Kier alpha value is -4.50. The molecule has 204 valence electrons. The molecule has 0 aliphatic heterocycles. The van der Waals surface area contributed by atoms with Gasteiger partial charge in [0.05, 0.1) is 7.11 Å². The van der Waals surface area contributed by atoms with E-state index < -0.39 is 6.04 Å². The number of amides is 2. The number of nitrogens with one attached hydrogen (secondary N) is 2. The number of H-pyrrole nitrogens is 1. The predicted molar refractivity (Wildman–Crippen MR) is 158 cm³/mol. The van der Waals surface area contributed by atoms with E-state index in [0.29, 0.717) is 18.5 Å². The minimum Gasteiger partial charge on any atom is -0.497 e. The number of nitrogens with zero attached hydrogens (tertiary/aromatic N) is 1. The van der Waals surface area contributed by atoms with Crippen LogP contribution in [-0.2, 0) is 16.0 Å². The number of methoxy groups -OCH3 is 1. The highest BCUT2D eigenvalue weighted by molar-refractivity contribution is 5.98. The zero-order valence-electron chi connectivity index (χ0n) is 22.9. The van der Waals surface area contributed by atoms with Crippen LogP contribution in [0.2, 0.25) is 0 Å². The van der Waals surface area contributed by atoms with Crippen molar-refractivity contribution < 1.29 is 14.3 Å². The number of ether oxygens (including phenoxy) is 1. The molecule has 0 bridgehead atoms. The lowest BCUT2D eigenvalue weighted by Gasteiger charge is -2.32. The highest BCUT2D eigenvalue weighted by Crippen LogP contribution is 2.26. The molecule has 6 nitrogen and oxygen atoms in total. The zero-order chi connectivity index (χ0) is 27.7. The molecule has 4 aromatic rings. The van der Waals surface area contributed by atoms with Gasteiger partial charge >= 0.3 is 0 Å². The van der Waals surface area contributed by atoms with Gasteiger partial charge in [-0.2, -0.15) is 0 Å². The molecule has 1 aliphatic carbocycles. The van der Waals surface area contributed by atoms with Gasteiger partial charge in [0.2, 0.25) is 5.91 Å². The summed E-state index contributed by atoms with van der Waals surface area (Å²) in [6, 6.07) is 24.3. The molecule has 40 heavy (non-hydrogen) atoms. The van der Waals surface area contributed by atoms with Crippen molar-refractivity contribution in [2.75, 3.05) is 13.7 Å². The highest BCUT2D eigenvalue weighted by Gasteiger charge is 2.32. The number of aromatic nitrogens is 1. The van der Waals surface area contributed by atoms with E-state index in [9.17, 15) is 9.59 Å². The summed E-state index contributed by atoms with van der Waals surface area (Å²) in [7, 11) is 1.61. The van der Waals surface area contributed by atoms with Crippen molar-refractivity contribution in [2.45, 2.75) is 50.6 Å². The second kappa shape index (κ2) is 13.0. The van der Waals surface area contributed by atoms with Crippen molar-refractivity contribution in [3.63, 3.8) is 0 Å². The third-order valence-electron chi connectivity index (χ3n) is 7.59. The molecule has 3 aromatic carbocycles. The van der Waals surface area contributed by atoms with E-state index >= 15 is 0 Å². The van der Waals surface area contributed by atoms with Gasteiger partial charge < -0.3 is 19.9 Å². The maximum Gasteiger partial charge on any atom is 0.299 e. The van der Waals surface area contributed by atoms with Crippen LogP contribution in [-0.4, -0.2) is 41.4 Å². The Bertz CT molecular complexity index is 1490. The lowest BCUT2D eigenvalue weighted by atomic mass is 9.94. The SMILES string of the molecule is COc1ccc(C#CC(=O)N(CCc2c[nH]c3ccccc23)C(C(=O)NC2CCCCC2)c2ccccc2)cc1. The maximum atomic E-state index is 13.9. The van der Waals surface area contributed by atoms with E-state index in [1.807, 2.05) is 79.0 Å². The van der Waals surface area contributed by atoms with Crippen molar-refractivity contribution in [3.05, 3.63) is 102 Å². The van der Waals surface area contributed by atoms with Crippen LogP contribution in [0.4, 0.5) is 0 Å². The minimum atomic E-state index is -0.786. The van der Waals surface area contributed by atoms with Gasteiger partial charge in [-0.15, -0.1) is 0 Å². The Morgan fingerprint density at radius 3 is 2.45 bits per heavy atom. The van der Waals surface area contributed by atoms with Crippen molar-refractivity contribution in [3.8, 4) is 17.6 Å². The number of para-hydroxylation sites is 1. The summed E-state index contributed by atoms with van der Waals surface area (Å²) in [5.74, 6) is 5.99. The van der Waals surface area contributed by atoms with Crippen LogP contribution < -0.4 is 10.1 Å². The Morgan fingerprint density at radius 2 is 1.70 bits per heavy atom. The molecule has 1 saturated carbocycles. The smallest absolute Gasteiger partial charge is 0.299 e. The molecule has 1 atom stereocenters. The number of hydrogen-bond donors (Lipinski definition) is 2. The first-order valence-corrected chi connectivity index (χ1v) is 14.0. The van der Waals surface area contributed by atoms with Crippen molar-refractivity contribution in [2.24, 2.45) is 0 Å². The first-order chi connectivity index (χ1) is 19.6. The van der Waals surface area contributed by atoms with Gasteiger partial charge in [0, 0.05) is 41.2 Å². The molecule has 1 aliphatic rings. The molecule has 0 spiro atoms. The molecular formula is C34H35N3O3. The number of carbonyl (C=O) groups is 2. The summed E-state index contributed by atoms with van der Waals surface area (Å²) >= 11 is 0. The van der Waals surface area contributed by atoms with Crippen LogP contribution in [0.15, 0.2) is 85.1 Å². The van der Waals surface area contributed by atoms with E-state index in [4.69, 9.17) is 4.74 Å². The molecule has 2 N–H and O–H groups in total. The van der Waals surface area contributed by atoms with Crippen LogP contribution in [0.5, 0.6) is 5.75 Å². The topological polar surface area (TPSA) is 74.4 Å². The standard InChI is InChI=1S/C34H35N3O3/c1-40-29-19-16-25(17-20-29)18-21-32(38)37(23-22-27-24-35-31-15-9-8-14-30(27)31)33(26-10-4-2-5-11-26)34(39)36-28-12-6-3-7-13-28/h2,4-5,8-11,14-17,19-20,24,28,33,35H,3,6-7,12-13,22-23H2,1H3,(H,36,39). The predicted octanol–water partition coefficient (Wildman–Crippen LogP) is 5.79. The fourth-order valence-corrected chi connectivity index (χ4v) is 5.43. The first kappa shape index (κ1) is 27.1. The number of rotatable bonds is 8. The lowest BCUT2D eigenvalue weighted by molar-refractivity contribution is -0.137. The van der Waals surface area contributed by atoms with E-state index in [-0.39, 0.29) is 17.9 Å². The van der Waals surface area contributed by atoms with Gasteiger partial charge in [-0.05, 0) is 60.7 Å². The van der Waals surface area contributed by atoms with Crippen molar-refractivity contribution in [1.82, 2.24) is 15.2 Å². The Labute approximate surface area is 235 Å². The fourth-order valence-electron chi connectivity index (χ4n) is 5.43. The summed E-state index contributed by atoms with van der Waals surface area (Å²) in [5, 5.41) is 4.37. The summed E-state index contributed by atoms with van der Waals surface area (Å²) in [4.78, 5) is 32.7. The third kappa shape index (κ3) is 6.55. The fraction of sp³-hybridized carbons (Fsp3) is 0.294. The van der Waals surface area contributed by atoms with Gasteiger partial charge in [-0.3, -0.25) is 9.59 Å². The Kier molecular flexibility index (Phi) is 8.83.